The normalized spacial score (nSPS) is 13.9. The van der Waals surface area contributed by atoms with Crippen molar-refractivity contribution < 1.29 is 29.0 Å². The van der Waals surface area contributed by atoms with Crippen LogP contribution in [0.4, 0.5) is 4.79 Å². The molecule has 1 aromatic rings. The average molecular weight is 340 g/mol. The Morgan fingerprint density at radius 2 is 1.88 bits per heavy atom. The molecule has 3 N–H and O–H groups in total. The van der Waals surface area contributed by atoms with Gasteiger partial charge in [0.1, 0.15) is 6.61 Å². The maximum atomic E-state index is 12.4. The predicted octanol–water partition coefficient (Wildman–Crippen LogP) is 1.17. The van der Waals surface area contributed by atoms with Gasteiger partial charge in [0.15, 0.2) is 11.8 Å². The lowest BCUT2D eigenvalue weighted by Gasteiger charge is -2.35. The SMILES string of the molecule is COC(C)(C)ON(C(=O)OCc1ccccc1)[C@H](C(N)=O)[C@@H](C)O. The molecule has 1 rings (SSSR count). The van der Waals surface area contributed by atoms with Gasteiger partial charge in [0, 0.05) is 7.11 Å². The van der Waals surface area contributed by atoms with Crippen molar-refractivity contribution in [2.45, 2.75) is 45.3 Å². The largest absolute Gasteiger partial charge is 0.443 e. The van der Waals surface area contributed by atoms with Gasteiger partial charge in [-0.15, -0.1) is 0 Å². The van der Waals surface area contributed by atoms with Crippen molar-refractivity contribution in [1.29, 1.82) is 0 Å². The van der Waals surface area contributed by atoms with Crippen LogP contribution in [-0.2, 0) is 25.7 Å². The van der Waals surface area contributed by atoms with E-state index in [0.717, 1.165) is 5.56 Å². The first-order valence-electron chi connectivity index (χ1n) is 7.39. The van der Waals surface area contributed by atoms with Gasteiger partial charge >= 0.3 is 6.09 Å². The van der Waals surface area contributed by atoms with Gasteiger partial charge in [-0.25, -0.2) is 9.63 Å². The quantitative estimate of drug-likeness (QED) is 0.543. The molecule has 0 aliphatic carbocycles. The minimum absolute atomic E-state index is 0.0295. The zero-order valence-electron chi connectivity index (χ0n) is 14.3. The number of primary amides is 1. The highest BCUT2D eigenvalue weighted by atomic mass is 16.8. The fourth-order valence-corrected chi connectivity index (χ4v) is 1.81. The van der Waals surface area contributed by atoms with Crippen molar-refractivity contribution in [1.82, 2.24) is 5.06 Å². The molecule has 0 fully saturated rings. The third-order valence-electron chi connectivity index (χ3n) is 3.20. The molecule has 0 spiro atoms. The van der Waals surface area contributed by atoms with Crippen LogP contribution in [0.3, 0.4) is 0 Å². The Bertz CT molecular complexity index is 547. The van der Waals surface area contributed by atoms with Crippen molar-refractivity contribution in [3.63, 3.8) is 0 Å². The lowest BCUT2D eigenvalue weighted by molar-refractivity contribution is -0.319. The molecule has 0 bridgehead atoms. The Kier molecular flexibility index (Phi) is 7.15. The first-order valence-corrected chi connectivity index (χ1v) is 7.39. The summed E-state index contributed by atoms with van der Waals surface area (Å²) in [6, 6.07) is 7.55. The van der Waals surface area contributed by atoms with Crippen LogP contribution >= 0.6 is 0 Å². The number of ether oxygens (including phenoxy) is 2. The molecule has 2 atom stereocenters. The Labute approximate surface area is 141 Å². The van der Waals surface area contributed by atoms with Gasteiger partial charge in [-0.05, 0) is 26.3 Å². The molecule has 0 unspecified atom stereocenters. The fourth-order valence-electron chi connectivity index (χ4n) is 1.81. The van der Waals surface area contributed by atoms with Gasteiger partial charge in [0.25, 0.3) is 0 Å². The molecule has 2 amide bonds. The molecule has 0 saturated heterocycles. The van der Waals surface area contributed by atoms with Crippen molar-refractivity contribution >= 4 is 12.0 Å². The first kappa shape index (κ1) is 19.9. The van der Waals surface area contributed by atoms with Gasteiger partial charge in [0.2, 0.25) is 5.91 Å². The average Bonchev–Trinajstić information content (AvgIpc) is 2.52. The number of nitrogens with two attached hydrogens (primary N) is 1. The summed E-state index contributed by atoms with van der Waals surface area (Å²) in [5.74, 6) is -2.18. The number of methoxy groups -OCH3 is 1. The van der Waals surface area contributed by atoms with Crippen molar-refractivity contribution in [2.75, 3.05) is 7.11 Å². The molecule has 0 aliphatic rings. The van der Waals surface area contributed by atoms with Crippen molar-refractivity contribution in [2.24, 2.45) is 5.73 Å². The standard InChI is InChI=1S/C16H24N2O6/c1-11(19)13(14(17)20)18(24-16(2,3)22-4)15(21)23-10-12-8-6-5-7-9-12/h5-9,11,13,19H,10H2,1-4H3,(H2,17,20)/t11-,13+/m1/s1. The molecule has 0 aromatic heterocycles. The number of aliphatic hydroxyl groups excluding tert-OH is 1. The molecular weight excluding hydrogens is 316 g/mol. The zero-order chi connectivity index (χ0) is 18.3. The van der Waals surface area contributed by atoms with Crippen LogP contribution < -0.4 is 5.73 Å². The van der Waals surface area contributed by atoms with Crippen LogP contribution in [0, 0.1) is 0 Å². The van der Waals surface area contributed by atoms with Crippen LogP contribution in [0.5, 0.6) is 0 Å². The predicted molar refractivity (Wildman–Crippen MR) is 85.3 cm³/mol. The summed E-state index contributed by atoms with van der Waals surface area (Å²) < 4.78 is 10.2. The second kappa shape index (κ2) is 8.62. The van der Waals surface area contributed by atoms with Gasteiger partial charge in [0.05, 0.1) is 6.10 Å². The van der Waals surface area contributed by atoms with Gasteiger partial charge in [-0.3, -0.25) is 4.79 Å². The van der Waals surface area contributed by atoms with Crippen LogP contribution in [0.25, 0.3) is 0 Å². The van der Waals surface area contributed by atoms with E-state index in [0.29, 0.717) is 5.06 Å². The molecule has 0 saturated carbocycles. The molecule has 1 aromatic carbocycles. The summed E-state index contributed by atoms with van der Waals surface area (Å²) in [6.07, 6.45) is -2.23. The van der Waals surface area contributed by atoms with Crippen LogP contribution in [-0.4, -0.2) is 47.2 Å². The number of aliphatic hydroxyl groups is 1. The Hall–Kier alpha value is -2.16. The van der Waals surface area contributed by atoms with E-state index in [1.807, 2.05) is 6.07 Å². The maximum absolute atomic E-state index is 12.4. The highest BCUT2D eigenvalue weighted by molar-refractivity contribution is 5.84. The minimum Gasteiger partial charge on any atom is -0.443 e. The summed E-state index contributed by atoms with van der Waals surface area (Å²) in [4.78, 5) is 29.4. The van der Waals surface area contributed by atoms with E-state index in [2.05, 4.69) is 0 Å². The molecule has 0 radical (unpaired) electrons. The third-order valence-corrected chi connectivity index (χ3v) is 3.20. The molecule has 8 nitrogen and oxygen atoms in total. The molecular formula is C16H24N2O6. The molecule has 24 heavy (non-hydrogen) atoms. The second-order valence-electron chi connectivity index (χ2n) is 5.65. The number of amides is 2. The number of rotatable bonds is 8. The number of hydroxylamine groups is 2. The number of hydrogen-bond acceptors (Lipinski definition) is 6. The Morgan fingerprint density at radius 1 is 1.29 bits per heavy atom. The van der Waals surface area contributed by atoms with Gasteiger partial charge < -0.3 is 20.3 Å². The number of hydrogen-bond donors (Lipinski definition) is 2. The van der Waals surface area contributed by atoms with Gasteiger partial charge in [-0.2, -0.15) is 5.06 Å². The number of carbonyl (C=O) groups is 2. The van der Waals surface area contributed by atoms with Crippen LogP contribution in [0.2, 0.25) is 0 Å². The number of carbonyl (C=O) groups excluding carboxylic acids is 2. The van der Waals surface area contributed by atoms with Crippen molar-refractivity contribution in [3.8, 4) is 0 Å². The molecule has 0 heterocycles. The van der Waals surface area contributed by atoms with E-state index in [-0.39, 0.29) is 6.61 Å². The van der Waals surface area contributed by atoms with Gasteiger partial charge in [-0.1, -0.05) is 30.3 Å². The van der Waals surface area contributed by atoms with E-state index < -0.39 is 29.9 Å². The summed E-state index contributed by atoms with van der Waals surface area (Å²) in [6.45, 7) is 4.35. The zero-order valence-corrected chi connectivity index (χ0v) is 14.3. The summed E-state index contributed by atoms with van der Waals surface area (Å²) in [5.41, 5.74) is 6.03. The number of benzene rings is 1. The summed E-state index contributed by atoms with van der Waals surface area (Å²) >= 11 is 0. The topological polar surface area (TPSA) is 111 Å². The van der Waals surface area contributed by atoms with Crippen LogP contribution in [0.1, 0.15) is 26.3 Å². The summed E-state index contributed by atoms with van der Waals surface area (Å²) in [5, 5.41) is 10.4. The molecule has 0 aliphatic heterocycles. The van der Waals surface area contributed by atoms with Crippen LogP contribution in [0.15, 0.2) is 30.3 Å². The number of nitrogens with zero attached hydrogens (tertiary/aromatic N) is 1. The van der Waals surface area contributed by atoms with E-state index >= 15 is 0 Å². The van der Waals surface area contributed by atoms with E-state index in [9.17, 15) is 14.7 Å². The smallest absolute Gasteiger partial charge is 0.435 e. The second-order valence-corrected chi connectivity index (χ2v) is 5.65. The maximum Gasteiger partial charge on any atom is 0.435 e. The Morgan fingerprint density at radius 3 is 2.33 bits per heavy atom. The monoisotopic (exact) mass is 340 g/mol. The van der Waals surface area contributed by atoms with Crippen molar-refractivity contribution in [3.05, 3.63) is 35.9 Å². The third kappa shape index (κ3) is 5.80. The highest BCUT2D eigenvalue weighted by Crippen LogP contribution is 2.18. The van der Waals surface area contributed by atoms with E-state index in [1.165, 1.54) is 27.9 Å². The fraction of sp³-hybridized carbons (Fsp3) is 0.500. The highest BCUT2D eigenvalue weighted by Gasteiger charge is 2.38. The van der Waals surface area contributed by atoms with E-state index in [4.69, 9.17) is 20.0 Å². The summed E-state index contributed by atoms with van der Waals surface area (Å²) in [7, 11) is 1.37. The Balaban J connectivity index is 2.93. The molecule has 8 heteroatoms. The first-order chi connectivity index (χ1) is 11.2. The minimum atomic E-state index is -1.43. The lowest BCUT2D eigenvalue weighted by atomic mass is 10.2. The molecule has 134 valence electrons. The lowest BCUT2D eigenvalue weighted by Crippen LogP contribution is -2.56. The van der Waals surface area contributed by atoms with E-state index in [1.54, 1.807) is 24.3 Å².